The van der Waals surface area contributed by atoms with Crippen LogP contribution in [0, 0.1) is 12.7 Å². The smallest absolute Gasteiger partial charge is 0.256 e. The average molecular weight is 461 g/mol. The Hall–Kier alpha value is -4.04. The fraction of sp³-hybridized carbons (Fsp3) is 0.0800. The molecule has 0 saturated carbocycles. The summed E-state index contributed by atoms with van der Waals surface area (Å²) in [5.74, 6) is -0.0463. The minimum absolute atomic E-state index is 0.350. The van der Waals surface area contributed by atoms with Crippen molar-refractivity contribution in [2.24, 2.45) is 5.10 Å². The quantitative estimate of drug-likeness (QED) is 0.263. The van der Waals surface area contributed by atoms with E-state index in [-0.39, 0.29) is 5.91 Å². The maximum atomic E-state index is 13.2. The Labute approximate surface area is 194 Å². The number of thiazole rings is 1. The summed E-state index contributed by atoms with van der Waals surface area (Å²) < 4.78 is 18.5. The van der Waals surface area contributed by atoms with Gasteiger partial charge in [-0.05, 0) is 43.3 Å². The number of nitrogens with zero attached hydrogens (tertiary/aromatic N) is 2. The number of para-hydroxylation sites is 1. The summed E-state index contributed by atoms with van der Waals surface area (Å²) in [6.07, 6.45) is 1.64. The van der Waals surface area contributed by atoms with E-state index in [4.69, 9.17) is 4.74 Å². The van der Waals surface area contributed by atoms with Crippen molar-refractivity contribution in [3.8, 4) is 17.0 Å². The first-order valence-corrected chi connectivity index (χ1v) is 10.9. The molecule has 33 heavy (non-hydrogen) atoms. The third kappa shape index (κ3) is 5.42. The Kier molecular flexibility index (Phi) is 6.75. The second-order valence-corrected chi connectivity index (χ2v) is 8.13. The molecule has 0 bridgehead atoms. The molecule has 1 amide bonds. The molecular weight excluding hydrogens is 439 g/mol. The summed E-state index contributed by atoms with van der Waals surface area (Å²) in [4.78, 5) is 17.4. The molecule has 0 aliphatic rings. The first kappa shape index (κ1) is 22.2. The van der Waals surface area contributed by atoms with Crippen molar-refractivity contribution < 1.29 is 13.9 Å². The topological polar surface area (TPSA) is 75.6 Å². The Bertz CT molecular complexity index is 1280. The first-order chi connectivity index (χ1) is 16.0. The molecule has 8 heteroatoms. The monoisotopic (exact) mass is 460 g/mol. The van der Waals surface area contributed by atoms with Gasteiger partial charge in [-0.1, -0.05) is 53.3 Å². The van der Waals surface area contributed by atoms with Crippen molar-refractivity contribution in [1.29, 1.82) is 0 Å². The van der Waals surface area contributed by atoms with Crippen LogP contribution in [0.2, 0.25) is 0 Å². The van der Waals surface area contributed by atoms with Crippen molar-refractivity contribution in [2.75, 3.05) is 17.9 Å². The maximum Gasteiger partial charge on any atom is 0.256 e. The van der Waals surface area contributed by atoms with Gasteiger partial charge in [-0.3, -0.25) is 10.2 Å². The number of carbonyl (C=O) groups is 1. The standard InChI is InChI=1S/C25H21FN4O2S/c1-16-7-9-17(10-8-16)22-24(29-23(31)18-11-13-20(26)14-12-18)33-25(28-22)30-27-15-19-5-3-4-6-21(19)32-2/h3-15H,1-2H3,(H,28,30)(H,29,31)/b27-15+. The first-order valence-electron chi connectivity index (χ1n) is 10.1. The molecule has 0 spiro atoms. The van der Waals surface area contributed by atoms with Crippen LogP contribution in [0.1, 0.15) is 21.5 Å². The van der Waals surface area contributed by atoms with E-state index >= 15 is 0 Å². The Morgan fingerprint density at radius 1 is 1.06 bits per heavy atom. The van der Waals surface area contributed by atoms with Gasteiger partial charge >= 0.3 is 0 Å². The number of anilines is 2. The van der Waals surface area contributed by atoms with Crippen LogP contribution in [0.3, 0.4) is 0 Å². The van der Waals surface area contributed by atoms with Crippen LogP contribution in [-0.4, -0.2) is 24.2 Å². The number of aryl methyl sites for hydroxylation is 1. The molecule has 2 N–H and O–H groups in total. The SMILES string of the molecule is COc1ccccc1/C=N/Nc1nc(-c2ccc(C)cc2)c(NC(=O)c2ccc(F)cc2)s1. The number of methoxy groups -OCH3 is 1. The molecule has 0 fully saturated rings. The van der Waals surface area contributed by atoms with E-state index < -0.39 is 5.82 Å². The van der Waals surface area contributed by atoms with Gasteiger partial charge in [-0.25, -0.2) is 9.37 Å². The van der Waals surface area contributed by atoms with Crippen molar-refractivity contribution in [3.05, 3.63) is 95.3 Å². The predicted molar refractivity (Wildman–Crippen MR) is 131 cm³/mol. The van der Waals surface area contributed by atoms with Gasteiger partial charge in [0, 0.05) is 16.7 Å². The number of hydrazone groups is 1. The summed E-state index contributed by atoms with van der Waals surface area (Å²) in [6, 6.07) is 20.7. The van der Waals surface area contributed by atoms with Crippen LogP contribution < -0.4 is 15.5 Å². The lowest BCUT2D eigenvalue weighted by Crippen LogP contribution is -2.11. The zero-order valence-corrected chi connectivity index (χ0v) is 18.8. The van der Waals surface area contributed by atoms with E-state index in [1.54, 1.807) is 13.3 Å². The van der Waals surface area contributed by atoms with Gasteiger partial charge in [0.05, 0.1) is 13.3 Å². The molecule has 3 aromatic carbocycles. The summed E-state index contributed by atoms with van der Waals surface area (Å²) in [5.41, 5.74) is 6.68. The fourth-order valence-electron chi connectivity index (χ4n) is 3.07. The molecule has 0 atom stereocenters. The van der Waals surface area contributed by atoms with Gasteiger partial charge in [-0.2, -0.15) is 5.10 Å². The molecule has 0 aliphatic heterocycles. The number of rotatable bonds is 7. The summed E-state index contributed by atoms with van der Waals surface area (Å²) in [7, 11) is 1.60. The minimum Gasteiger partial charge on any atom is -0.496 e. The molecule has 6 nitrogen and oxygen atoms in total. The molecule has 1 aromatic heterocycles. The van der Waals surface area contributed by atoms with Crippen LogP contribution >= 0.6 is 11.3 Å². The lowest BCUT2D eigenvalue weighted by molar-refractivity contribution is 0.102. The van der Waals surface area contributed by atoms with Crippen molar-refractivity contribution in [1.82, 2.24) is 4.98 Å². The number of aromatic nitrogens is 1. The van der Waals surface area contributed by atoms with Crippen LogP contribution in [-0.2, 0) is 0 Å². The van der Waals surface area contributed by atoms with Crippen LogP contribution in [0.4, 0.5) is 14.5 Å². The van der Waals surface area contributed by atoms with Gasteiger partial charge < -0.3 is 10.1 Å². The van der Waals surface area contributed by atoms with E-state index in [1.807, 2.05) is 55.5 Å². The minimum atomic E-state index is -0.399. The zero-order valence-electron chi connectivity index (χ0n) is 18.0. The Morgan fingerprint density at radius 3 is 2.52 bits per heavy atom. The van der Waals surface area contributed by atoms with Gasteiger partial charge in [0.25, 0.3) is 5.91 Å². The number of ether oxygens (including phenoxy) is 1. The third-order valence-corrected chi connectivity index (χ3v) is 5.66. The molecule has 166 valence electrons. The van der Waals surface area contributed by atoms with E-state index in [0.29, 0.717) is 27.1 Å². The number of amides is 1. The van der Waals surface area contributed by atoms with Crippen LogP contribution in [0.5, 0.6) is 5.75 Å². The van der Waals surface area contributed by atoms with E-state index in [1.165, 1.54) is 35.6 Å². The highest BCUT2D eigenvalue weighted by Crippen LogP contribution is 2.36. The molecular formula is C25H21FN4O2S. The second-order valence-electron chi connectivity index (χ2n) is 7.14. The molecule has 4 aromatic rings. The van der Waals surface area contributed by atoms with Crippen molar-refractivity contribution in [3.63, 3.8) is 0 Å². The van der Waals surface area contributed by atoms with E-state index in [2.05, 4.69) is 20.8 Å². The Morgan fingerprint density at radius 2 is 1.79 bits per heavy atom. The normalized spacial score (nSPS) is 10.9. The van der Waals surface area contributed by atoms with Crippen LogP contribution in [0.15, 0.2) is 77.9 Å². The van der Waals surface area contributed by atoms with E-state index in [0.717, 1.165) is 16.7 Å². The van der Waals surface area contributed by atoms with Gasteiger partial charge in [-0.15, -0.1) is 0 Å². The highest BCUT2D eigenvalue weighted by atomic mass is 32.1. The lowest BCUT2D eigenvalue weighted by Gasteiger charge is -2.06. The molecule has 1 heterocycles. The van der Waals surface area contributed by atoms with Gasteiger partial charge in [0.2, 0.25) is 5.13 Å². The largest absolute Gasteiger partial charge is 0.496 e. The van der Waals surface area contributed by atoms with E-state index in [9.17, 15) is 9.18 Å². The zero-order chi connectivity index (χ0) is 23.2. The van der Waals surface area contributed by atoms with Crippen molar-refractivity contribution in [2.45, 2.75) is 6.92 Å². The number of hydrogen-bond acceptors (Lipinski definition) is 6. The highest BCUT2D eigenvalue weighted by molar-refractivity contribution is 7.20. The number of benzene rings is 3. The van der Waals surface area contributed by atoms with Crippen molar-refractivity contribution >= 4 is 33.6 Å². The molecule has 0 aliphatic carbocycles. The second kappa shape index (κ2) is 10.1. The van der Waals surface area contributed by atoms with Gasteiger partial charge in [0.1, 0.15) is 22.3 Å². The predicted octanol–water partition coefficient (Wildman–Crippen LogP) is 5.96. The molecule has 0 saturated heterocycles. The third-order valence-electron chi connectivity index (χ3n) is 4.79. The maximum absolute atomic E-state index is 13.2. The lowest BCUT2D eigenvalue weighted by atomic mass is 10.1. The number of halogens is 1. The average Bonchev–Trinajstić information content (AvgIpc) is 3.22. The molecule has 0 radical (unpaired) electrons. The summed E-state index contributed by atoms with van der Waals surface area (Å²) >= 11 is 1.26. The Balaban J connectivity index is 1.60. The number of hydrogen-bond donors (Lipinski definition) is 2. The number of nitrogens with one attached hydrogen (secondary N) is 2. The van der Waals surface area contributed by atoms with Crippen LogP contribution in [0.25, 0.3) is 11.3 Å². The van der Waals surface area contributed by atoms with Gasteiger partial charge in [0.15, 0.2) is 0 Å². The summed E-state index contributed by atoms with van der Waals surface area (Å²) in [6.45, 7) is 2.00. The molecule has 0 unspecified atom stereocenters. The summed E-state index contributed by atoms with van der Waals surface area (Å²) in [5, 5.41) is 8.22. The molecule has 4 rings (SSSR count). The number of carbonyl (C=O) groups excluding carboxylic acids is 1. The highest BCUT2D eigenvalue weighted by Gasteiger charge is 2.16. The fourth-order valence-corrected chi connectivity index (χ4v) is 3.90.